The largest absolute Gasteiger partial charge is 0.507 e. The minimum Gasteiger partial charge on any atom is -0.507 e. The molecule has 1 fully saturated rings. The van der Waals surface area contributed by atoms with Gasteiger partial charge in [0.1, 0.15) is 11.5 Å². The maximum atomic E-state index is 12.8. The molecule has 0 unspecified atom stereocenters. The molecule has 2 aliphatic rings. The number of allylic oxidation sites excluding steroid dienone is 1. The quantitative estimate of drug-likeness (QED) is 0.822. The van der Waals surface area contributed by atoms with Gasteiger partial charge in [-0.1, -0.05) is 23.7 Å². The van der Waals surface area contributed by atoms with Gasteiger partial charge in [-0.3, -0.25) is 9.69 Å². The molecule has 0 bridgehead atoms. The van der Waals surface area contributed by atoms with Crippen LogP contribution < -0.4 is 4.74 Å². The molecule has 1 saturated heterocycles. The summed E-state index contributed by atoms with van der Waals surface area (Å²) in [4.78, 5) is 17.3. The Kier molecular flexibility index (Phi) is 4.91. The molecule has 4 rings (SSSR count). The molecule has 27 heavy (non-hydrogen) atoms. The molecule has 0 aliphatic carbocycles. The molecule has 0 amide bonds. The zero-order valence-electron chi connectivity index (χ0n) is 15.1. The Balaban J connectivity index is 1.63. The number of hydrogen-bond acceptors (Lipinski definition) is 5. The molecule has 2 aliphatic heterocycles. The van der Waals surface area contributed by atoms with Gasteiger partial charge < -0.3 is 14.7 Å². The molecule has 1 N–H and O–H groups in total. The van der Waals surface area contributed by atoms with Crippen molar-refractivity contribution in [1.29, 1.82) is 0 Å². The average molecular weight is 385 g/mol. The van der Waals surface area contributed by atoms with Crippen LogP contribution in [0, 0.1) is 0 Å². The summed E-state index contributed by atoms with van der Waals surface area (Å²) >= 11 is 6.02. The number of piperazine rings is 1. The van der Waals surface area contributed by atoms with Crippen molar-refractivity contribution >= 4 is 23.5 Å². The number of phenolic OH excluding ortho intramolecular Hbond substituents is 1. The van der Waals surface area contributed by atoms with Gasteiger partial charge in [-0.15, -0.1) is 0 Å². The Morgan fingerprint density at radius 1 is 1.19 bits per heavy atom. The number of nitrogens with zero attached hydrogens (tertiary/aromatic N) is 2. The lowest BCUT2D eigenvalue weighted by Crippen LogP contribution is -2.43. The van der Waals surface area contributed by atoms with Gasteiger partial charge >= 0.3 is 0 Å². The Morgan fingerprint density at radius 3 is 2.70 bits per heavy atom. The first-order valence-electron chi connectivity index (χ1n) is 8.97. The van der Waals surface area contributed by atoms with E-state index in [0.29, 0.717) is 28.4 Å². The first kappa shape index (κ1) is 18.0. The van der Waals surface area contributed by atoms with Gasteiger partial charge in [0.2, 0.25) is 5.78 Å². The minimum absolute atomic E-state index is 0.157. The van der Waals surface area contributed by atoms with E-state index in [9.17, 15) is 9.90 Å². The van der Waals surface area contributed by atoms with Crippen molar-refractivity contribution in [2.75, 3.05) is 33.2 Å². The summed E-state index contributed by atoms with van der Waals surface area (Å²) in [6, 6.07) is 10.4. The third-order valence-electron chi connectivity index (χ3n) is 5.04. The summed E-state index contributed by atoms with van der Waals surface area (Å²) in [6.07, 6.45) is 1.69. The minimum atomic E-state index is -0.176. The second-order valence-corrected chi connectivity index (χ2v) is 7.45. The third kappa shape index (κ3) is 3.72. The molecule has 140 valence electrons. The molecule has 0 atom stereocenters. The Bertz CT molecular complexity index is 918. The van der Waals surface area contributed by atoms with Crippen LogP contribution in [0.15, 0.2) is 42.2 Å². The maximum absolute atomic E-state index is 12.8. The molecule has 0 spiro atoms. The van der Waals surface area contributed by atoms with Crippen molar-refractivity contribution in [3.8, 4) is 11.5 Å². The van der Waals surface area contributed by atoms with Crippen LogP contribution >= 0.6 is 11.6 Å². The zero-order valence-corrected chi connectivity index (χ0v) is 15.9. The van der Waals surface area contributed by atoms with Crippen LogP contribution in [0.2, 0.25) is 5.02 Å². The van der Waals surface area contributed by atoms with Crippen molar-refractivity contribution in [3.63, 3.8) is 0 Å². The lowest BCUT2D eigenvalue weighted by atomic mass is 10.0. The summed E-state index contributed by atoms with van der Waals surface area (Å²) in [5.41, 5.74) is 1.95. The molecule has 0 saturated carbocycles. The number of phenols is 1. The Labute approximate surface area is 163 Å². The predicted molar refractivity (Wildman–Crippen MR) is 105 cm³/mol. The highest BCUT2D eigenvalue weighted by Gasteiger charge is 2.32. The lowest BCUT2D eigenvalue weighted by Gasteiger charge is -2.32. The molecule has 2 heterocycles. The summed E-state index contributed by atoms with van der Waals surface area (Å²) in [6.45, 7) is 4.35. The van der Waals surface area contributed by atoms with Crippen molar-refractivity contribution in [3.05, 3.63) is 63.9 Å². The molecular weight excluding hydrogens is 364 g/mol. The number of rotatable bonds is 3. The number of fused-ring (bicyclic) bond motifs is 1. The third-order valence-corrected chi connectivity index (χ3v) is 5.28. The molecule has 2 aromatic carbocycles. The fourth-order valence-electron chi connectivity index (χ4n) is 3.43. The van der Waals surface area contributed by atoms with Gasteiger partial charge in [0.25, 0.3) is 0 Å². The molecule has 2 aromatic rings. The monoisotopic (exact) mass is 384 g/mol. The number of ether oxygens (including phenoxy) is 1. The standard InChI is InChI=1S/C21H21ClN2O3/c1-23-7-9-24(10-8-23)13-17-18(25)6-5-16-20(26)19(27-21(16)17)12-14-3-2-4-15(22)11-14/h2-6,11-12,25H,7-10,13H2,1H3/b19-12+. The van der Waals surface area contributed by atoms with Gasteiger partial charge in [-0.2, -0.15) is 0 Å². The molecule has 0 aromatic heterocycles. The number of hydrogen-bond donors (Lipinski definition) is 1. The van der Waals surface area contributed by atoms with Crippen LogP contribution in [0.4, 0.5) is 0 Å². The summed E-state index contributed by atoms with van der Waals surface area (Å²) in [5, 5.41) is 11.0. The van der Waals surface area contributed by atoms with E-state index in [-0.39, 0.29) is 17.3 Å². The van der Waals surface area contributed by atoms with Crippen molar-refractivity contribution in [2.24, 2.45) is 0 Å². The number of ketones is 1. The number of benzene rings is 2. The van der Waals surface area contributed by atoms with E-state index in [1.54, 1.807) is 30.3 Å². The van der Waals surface area contributed by atoms with Crippen molar-refractivity contribution in [2.45, 2.75) is 6.54 Å². The number of likely N-dealkylation sites (N-methyl/N-ethyl adjacent to an activating group) is 1. The summed E-state index contributed by atoms with van der Waals surface area (Å²) in [7, 11) is 2.10. The second kappa shape index (κ2) is 7.35. The molecule has 0 radical (unpaired) electrons. The van der Waals surface area contributed by atoms with E-state index in [1.165, 1.54) is 0 Å². The lowest BCUT2D eigenvalue weighted by molar-refractivity contribution is 0.101. The van der Waals surface area contributed by atoms with Crippen LogP contribution in [-0.4, -0.2) is 53.9 Å². The highest BCUT2D eigenvalue weighted by molar-refractivity contribution is 6.30. The van der Waals surface area contributed by atoms with E-state index in [4.69, 9.17) is 16.3 Å². The molecule has 6 heteroatoms. The van der Waals surface area contributed by atoms with Gasteiger partial charge in [0, 0.05) is 37.7 Å². The Morgan fingerprint density at radius 2 is 1.96 bits per heavy atom. The maximum Gasteiger partial charge on any atom is 0.231 e. The van der Waals surface area contributed by atoms with Gasteiger partial charge in [0.05, 0.1) is 11.1 Å². The van der Waals surface area contributed by atoms with Crippen LogP contribution in [0.5, 0.6) is 11.5 Å². The first-order chi connectivity index (χ1) is 13.0. The normalized spacial score (nSPS) is 19.3. The zero-order chi connectivity index (χ0) is 19.0. The molecule has 5 nitrogen and oxygen atoms in total. The number of carbonyl (C=O) groups excluding carboxylic acids is 1. The SMILES string of the molecule is CN1CCN(Cc2c(O)ccc3c2O/C(=C/c2cccc(Cl)c2)C3=O)CC1. The number of halogens is 1. The average Bonchev–Trinajstić information content (AvgIpc) is 2.95. The summed E-state index contributed by atoms with van der Waals surface area (Å²) < 4.78 is 5.91. The van der Waals surface area contributed by atoms with E-state index >= 15 is 0 Å². The number of Topliss-reactive ketones (excluding diaryl/α,β-unsaturated/α-hetero) is 1. The topological polar surface area (TPSA) is 53.0 Å². The van der Waals surface area contributed by atoms with E-state index in [0.717, 1.165) is 31.7 Å². The van der Waals surface area contributed by atoms with Crippen LogP contribution in [0.1, 0.15) is 21.5 Å². The van der Waals surface area contributed by atoms with Crippen LogP contribution in [-0.2, 0) is 6.54 Å². The van der Waals surface area contributed by atoms with E-state index in [2.05, 4.69) is 16.8 Å². The first-order valence-corrected chi connectivity index (χ1v) is 9.34. The van der Waals surface area contributed by atoms with E-state index in [1.807, 2.05) is 12.1 Å². The van der Waals surface area contributed by atoms with Crippen LogP contribution in [0.3, 0.4) is 0 Å². The van der Waals surface area contributed by atoms with Gasteiger partial charge in [0.15, 0.2) is 5.76 Å². The fraction of sp³-hybridized carbons (Fsp3) is 0.286. The second-order valence-electron chi connectivity index (χ2n) is 7.01. The van der Waals surface area contributed by atoms with Crippen molar-refractivity contribution in [1.82, 2.24) is 9.80 Å². The van der Waals surface area contributed by atoms with Gasteiger partial charge in [-0.05, 0) is 43.0 Å². The predicted octanol–water partition coefficient (Wildman–Crippen LogP) is 3.41. The number of aromatic hydroxyl groups is 1. The summed E-state index contributed by atoms with van der Waals surface area (Å²) in [5.74, 6) is 0.693. The fourth-order valence-corrected chi connectivity index (χ4v) is 3.63. The smallest absolute Gasteiger partial charge is 0.231 e. The highest BCUT2D eigenvalue weighted by Crippen LogP contribution is 2.40. The Hall–Kier alpha value is -2.34. The number of carbonyl (C=O) groups is 1. The van der Waals surface area contributed by atoms with Crippen molar-refractivity contribution < 1.29 is 14.6 Å². The van der Waals surface area contributed by atoms with E-state index < -0.39 is 0 Å². The highest BCUT2D eigenvalue weighted by atomic mass is 35.5. The molecular formula is C21H21ClN2O3. The van der Waals surface area contributed by atoms with Gasteiger partial charge in [-0.25, -0.2) is 0 Å². The van der Waals surface area contributed by atoms with Crippen LogP contribution in [0.25, 0.3) is 6.08 Å².